The first-order valence-electron chi connectivity index (χ1n) is 12.0. The third-order valence-electron chi connectivity index (χ3n) is 6.79. The lowest BCUT2D eigenvalue weighted by Gasteiger charge is -2.40. The highest BCUT2D eigenvalue weighted by molar-refractivity contribution is 7.09. The molecule has 3 aromatic rings. The Kier molecular flexibility index (Phi) is 7.93. The second-order valence-electron chi connectivity index (χ2n) is 9.68. The molecule has 0 aliphatic carbocycles. The van der Waals surface area contributed by atoms with E-state index in [-0.39, 0.29) is 11.6 Å². The second kappa shape index (κ2) is 10.7. The van der Waals surface area contributed by atoms with Gasteiger partial charge in [0.1, 0.15) is 11.6 Å². The lowest BCUT2D eigenvalue weighted by molar-refractivity contribution is -0.143. The van der Waals surface area contributed by atoms with Crippen molar-refractivity contribution in [2.75, 3.05) is 25.0 Å². The Hall–Kier alpha value is -3.22. The first kappa shape index (κ1) is 28.8. The van der Waals surface area contributed by atoms with Gasteiger partial charge in [0.2, 0.25) is 11.0 Å². The highest BCUT2D eigenvalue weighted by Crippen LogP contribution is 2.39. The van der Waals surface area contributed by atoms with Gasteiger partial charge in [-0.15, -0.1) is 0 Å². The summed E-state index contributed by atoms with van der Waals surface area (Å²) in [5.41, 5.74) is -1.80. The Labute approximate surface area is 224 Å². The molecule has 5 nitrogen and oxygen atoms in total. The molecule has 1 aliphatic rings. The molecule has 0 N–H and O–H groups in total. The Morgan fingerprint density at radius 3 is 2.23 bits per heavy atom. The molecule has 1 amide bonds. The largest absolute Gasteiger partial charge is 0.416 e. The number of halogens is 7. The highest BCUT2D eigenvalue weighted by atomic mass is 32.1. The minimum atomic E-state index is -4.99. The van der Waals surface area contributed by atoms with Crippen LogP contribution in [0.25, 0.3) is 0 Å². The van der Waals surface area contributed by atoms with Crippen molar-refractivity contribution < 1.29 is 35.5 Å². The van der Waals surface area contributed by atoms with E-state index in [4.69, 9.17) is 0 Å². The maximum Gasteiger partial charge on any atom is 0.416 e. The molecular formula is C26H25F7N4OS. The van der Waals surface area contributed by atoms with Crippen LogP contribution in [-0.2, 0) is 23.7 Å². The summed E-state index contributed by atoms with van der Waals surface area (Å²) in [6.07, 6.45) is -9.63. The van der Waals surface area contributed by atoms with Crippen LogP contribution in [0.15, 0.2) is 36.4 Å². The molecule has 39 heavy (non-hydrogen) atoms. The highest BCUT2D eigenvalue weighted by Gasteiger charge is 2.39. The molecule has 2 atom stereocenters. The van der Waals surface area contributed by atoms with Crippen LogP contribution in [0.1, 0.15) is 46.0 Å². The molecule has 2 aromatic carbocycles. The van der Waals surface area contributed by atoms with Crippen molar-refractivity contribution in [3.05, 3.63) is 75.9 Å². The van der Waals surface area contributed by atoms with Crippen LogP contribution in [0.2, 0.25) is 0 Å². The monoisotopic (exact) mass is 574 g/mol. The maximum atomic E-state index is 13.9. The van der Waals surface area contributed by atoms with Gasteiger partial charge >= 0.3 is 12.4 Å². The number of aromatic nitrogens is 2. The second-order valence-corrected chi connectivity index (χ2v) is 10.4. The number of benzene rings is 2. The molecule has 2 heterocycles. The summed E-state index contributed by atoms with van der Waals surface area (Å²) in [5, 5.41) is 0.667. The molecule has 0 saturated carbocycles. The summed E-state index contributed by atoms with van der Waals surface area (Å²) in [6, 6.07) is 5.57. The Bertz CT molecular complexity index is 1320. The van der Waals surface area contributed by atoms with Crippen LogP contribution in [-0.4, -0.2) is 40.3 Å². The molecule has 0 bridgehead atoms. The van der Waals surface area contributed by atoms with E-state index in [0.29, 0.717) is 48.2 Å². The van der Waals surface area contributed by atoms with E-state index in [1.54, 1.807) is 19.9 Å². The van der Waals surface area contributed by atoms with Crippen molar-refractivity contribution in [1.29, 1.82) is 0 Å². The van der Waals surface area contributed by atoms with Crippen molar-refractivity contribution in [3.63, 3.8) is 0 Å². The summed E-state index contributed by atoms with van der Waals surface area (Å²) >= 11 is 1.21. The van der Waals surface area contributed by atoms with Crippen LogP contribution < -0.4 is 4.90 Å². The summed E-state index contributed by atoms with van der Waals surface area (Å²) < 4.78 is 98.0. The van der Waals surface area contributed by atoms with Gasteiger partial charge in [-0.3, -0.25) is 4.79 Å². The zero-order valence-electron chi connectivity index (χ0n) is 21.2. The van der Waals surface area contributed by atoms with Crippen LogP contribution in [0, 0.1) is 25.6 Å². The fourth-order valence-corrected chi connectivity index (χ4v) is 5.66. The average molecular weight is 575 g/mol. The van der Waals surface area contributed by atoms with Crippen molar-refractivity contribution in [2.45, 2.75) is 45.1 Å². The number of alkyl halides is 6. The molecule has 2 unspecified atom stereocenters. The van der Waals surface area contributed by atoms with Crippen LogP contribution >= 0.6 is 11.5 Å². The van der Waals surface area contributed by atoms with Gasteiger partial charge in [-0.1, -0.05) is 6.07 Å². The topological polar surface area (TPSA) is 49.3 Å². The van der Waals surface area contributed by atoms with E-state index >= 15 is 0 Å². The van der Waals surface area contributed by atoms with E-state index in [9.17, 15) is 35.5 Å². The number of carbonyl (C=O) groups excluding carboxylic acids is 1. The van der Waals surface area contributed by atoms with Crippen LogP contribution in [0.5, 0.6) is 0 Å². The third kappa shape index (κ3) is 6.51. The third-order valence-corrected chi connectivity index (χ3v) is 7.66. The Morgan fingerprint density at radius 1 is 1.05 bits per heavy atom. The molecule has 0 radical (unpaired) electrons. The van der Waals surface area contributed by atoms with Crippen molar-refractivity contribution >= 4 is 22.6 Å². The SMILES string of the molecule is Cc1nsc(N2CCC(C(=O)N(C)Cc3cc(C(F)(F)F)cc(C(F)(F)F)c3)C(c3ccc(F)cc3C)C2)n1. The van der Waals surface area contributed by atoms with Gasteiger partial charge in [-0.05, 0) is 67.3 Å². The molecule has 0 spiro atoms. The standard InChI is InChI=1S/C26H25F7N4OS/c1-14-8-19(27)4-5-20(14)22-13-37(24-34-15(2)35-39-24)7-6-21(22)23(38)36(3)12-16-9-17(25(28,29)30)11-18(10-16)26(31,32)33/h4-5,8-11,21-22H,6-7,12-13H2,1-3H3. The average Bonchev–Trinajstić information content (AvgIpc) is 3.28. The van der Waals surface area contributed by atoms with Crippen LogP contribution in [0.4, 0.5) is 35.9 Å². The lowest BCUT2D eigenvalue weighted by atomic mass is 9.78. The first-order chi connectivity index (χ1) is 18.1. The normalized spacial score (nSPS) is 18.4. The Morgan fingerprint density at radius 2 is 1.69 bits per heavy atom. The van der Waals surface area contributed by atoms with Crippen molar-refractivity contribution in [2.24, 2.45) is 5.92 Å². The van der Waals surface area contributed by atoms with E-state index in [1.807, 2.05) is 4.90 Å². The number of carbonyl (C=O) groups is 1. The summed E-state index contributed by atoms with van der Waals surface area (Å²) in [7, 11) is 1.35. The predicted octanol–water partition coefficient (Wildman–Crippen LogP) is 6.60. The minimum absolute atomic E-state index is 0.0591. The zero-order valence-corrected chi connectivity index (χ0v) is 22.0. The van der Waals surface area contributed by atoms with Gasteiger partial charge in [0.05, 0.1) is 11.1 Å². The van der Waals surface area contributed by atoms with Crippen molar-refractivity contribution in [1.82, 2.24) is 14.3 Å². The van der Waals surface area contributed by atoms with Gasteiger partial charge < -0.3 is 9.80 Å². The predicted molar refractivity (Wildman–Crippen MR) is 132 cm³/mol. The van der Waals surface area contributed by atoms with E-state index in [2.05, 4.69) is 9.36 Å². The van der Waals surface area contributed by atoms with Gasteiger partial charge in [0.25, 0.3) is 0 Å². The number of hydrogen-bond donors (Lipinski definition) is 0. The number of piperidine rings is 1. The number of hydrogen-bond acceptors (Lipinski definition) is 5. The first-order valence-corrected chi connectivity index (χ1v) is 12.8. The molecule has 1 saturated heterocycles. The van der Waals surface area contributed by atoms with E-state index in [1.165, 1.54) is 30.7 Å². The molecule has 1 aromatic heterocycles. The minimum Gasteiger partial charge on any atom is -0.346 e. The lowest BCUT2D eigenvalue weighted by Crippen LogP contribution is -2.46. The van der Waals surface area contributed by atoms with Gasteiger partial charge in [-0.2, -0.15) is 30.7 Å². The summed E-state index contributed by atoms with van der Waals surface area (Å²) in [4.78, 5) is 21.2. The van der Waals surface area contributed by atoms with Gasteiger partial charge in [0.15, 0.2) is 0 Å². The molecule has 1 fully saturated rings. The maximum absolute atomic E-state index is 13.9. The molecule has 210 valence electrons. The number of anilines is 1. The number of nitrogens with zero attached hydrogens (tertiary/aromatic N) is 4. The smallest absolute Gasteiger partial charge is 0.346 e. The van der Waals surface area contributed by atoms with E-state index < -0.39 is 53.6 Å². The number of rotatable bonds is 5. The Balaban J connectivity index is 1.63. The molecule has 1 aliphatic heterocycles. The number of aryl methyl sites for hydroxylation is 2. The van der Waals surface area contributed by atoms with Gasteiger partial charge in [-0.25, -0.2) is 9.37 Å². The fraction of sp³-hybridized carbons (Fsp3) is 0.423. The molecule has 13 heteroatoms. The van der Waals surface area contributed by atoms with Crippen LogP contribution in [0.3, 0.4) is 0 Å². The molecular weight excluding hydrogens is 549 g/mol. The summed E-state index contributed by atoms with van der Waals surface area (Å²) in [5.74, 6) is -1.33. The zero-order chi connectivity index (χ0) is 28.7. The number of amides is 1. The van der Waals surface area contributed by atoms with Gasteiger partial charge in [0, 0.05) is 50.1 Å². The quantitative estimate of drug-likeness (QED) is 0.322. The van der Waals surface area contributed by atoms with E-state index in [0.717, 1.165) is 10.5 Å². The molecule has 4 rings (SSSR count). The fourth-order valence-electron chi connectivity index (χ4n) is 4.95. The summed E-state index contributed by atoms with van der Waals surface area (Å²) in [6.45, 7) is 3.82. The van der Waals surface area contributed by atoms with Crippen molar-refractivity contribution in [3.8, 4) is 0 Å².